The molecule has 1 atom stereocenters. The minimum absolute atomic E-state index is 0.308. The summed E-state index contributed by atoms with van der Waals surface area (Å²) in [7, 11) is 0. The zero-order valence-corrected chi connectivity index (χ0v) is 14.3. The molecule has 1 aromatic carbocycles. The van der Waals surface area contributed by atoms with Gasteiger partial charge in [-0.15, -0.1) is 0 Å². The lowest BCUT2D eigenvalue weighted by Gasteiger charge is -2.27. The molecule has 0 spiro atoms. The van der Waals surface area contributed by atoms with Gasteiger partial charge in [-0.05, 0) is 28.1 Å². The van der Waals surface area contributed by atoms with Crippen LogP contribution in [0.25, 0.3) is 6.08 Å². The highest BCUT2D eigenvalue weighted by Gasteiger charge is 2.46. The van der Waals surface area contributed by atoms with Gasteiger partial charge in [-0.3, -0.25) is 10.1 Å². The summed E-state index contributed by atoms with van der Waals surface area (Å²) >= 11 is 23.8. The van der Waals surface area contributed by atoms with E-state index in [4.69, 9.17) is 39.5 Å². The van der Waals surface area contributed by atoms with Crippen molar-refractivity contribution >= 4 is 72.7 Å². The quantitative estimate of drug-likeness (QED) is 0.344. The van der Waals surface area contributed by atoms with Crippen molar-refractivity contribution < 1.29 is 9.66 Å². The molecule has 4 nitrogen and oxygen atoms in total. The maximum atomic E-state index is 11.0. The van der Waals surface area contributed by atoms with Crippen LogP contribution in [0.2, 0.25) is 0 Å². The van der Waals surface area contributed by atoms with E-state index in [-0.39, 0.29) is 5.70 Å². The molecular formula is C10H4Br2Cl3NO3. The number of alkyl halides is 3. The second-order valence-corrected chi connectivity index (χ2v) is 7.81. The number of benzene rings is 1. The average molecular weight is 452 g/mol. The van der Waals surface area contributed by atoms with Gasteiger partial charge in [0.05, 0.1) is 9.40 Å². The van der Waals surface area contributed by atoms with Crippen molar-refractivity contribution in [1.82, 2.24) is 0 Å². The summed E-state index contributed by atoms with van der Waals surface area (Å²) in [6.45, 7) is 0. The molecule has 0 radical (unpaired) electrons. The van der Waals surface area contributed by atoms with E-state index in [0.717, 1.165) is 4.47 Å². The molecule has 1 heterocycles. The molecule has 0 bridgehead atoms. The highest BCUT2D eigenvalue weighted by atomic mass is 79.9. The minimum atomic E-state index is -1.94. The topological polar surface area (TPSA) is 52.4 Å². The van der Waals surface area contributed by atoms with Crippen LogP contribution in [0.1, 0.15) is 5.56 Å². The Balaban J connectivity index is 2.61. The number of ether oxygens (including phenoxy) is 1. The molecule has 0 saturated heterocycles. The van der Waals surface area contributed by atoms with Crippen LogP contribution in [0.3, 0.4) is 0 Å². The van der Waals surface area contributed by atoms with E-state index in [1.165, 1.54) is 6.08 Å². The van der Waals surface area contributed by atoms with Crippen LogP contribution in [-0.2, 0) is 0 Å². The number of fused-ring (bicyclic) bond motifs is 1. The van der Waals surface area contributed by atoms with Crippen LogP contribution in [0.5, 0.6) is 5.75 Å². The summed E-state index contributed by atoms with van der Waals surface area (Å²) in [6.07, 6.45) is 0.0541. The molecule has 1 aliphatic heterocycles. The third-order valence-electron chi connectivity index (χ3n) is 2.35. The zero-order chi connectivity index (χ0) is 14.4. The standard InChI is InChI=1S/C10H4Br2Cl3NO3/c11-5-1-4-2-7(16(17)18)9(10(13,14)15)19-8(4)6(12)3-5/h1-3,9H. The predicted molar refractivity (Wildman–Crippen MR) is 81.5 cm³/mol. The summed E-state index contributed by atoms with van der Waals surface area (Å²) in [5, 5.41) is 11.0. The van der Waals surface area contributed by atoms with E-state index in [1.54, 1.807) is 12.1 Å². The Morgan fingerprint density at radius 2 is 1.95 bits per heavy atom. The SMILES string of the molecule is O=[N+]([O-])C1=Cc2cc(Br)cc(Br)c2OC1C(Cl)(Cl)Cl. The van der Waals surface area contributed by atoms with Gasteiger partial charge in [0.2, 0.25) is 9.90 Å². The number of hydrogen-bond donors (Lipinski definition) is 0. The highest BCUT2D eigenvalue weighted by molar-refractivity contribution is 9.11. The van der Waals surface area contributed by atoms with Crippen LogP contribution in [0.15, 0.2) is 26.8 Å². The van der Waals surface area contributed by atoms with E-state index in [9.17, 15) is 10.1 Å². The molecular weight excluding hydrogens is 448 g/mol. The Hall–Kier alpha value is -0.0100. The van der Waals surface area contributed by atoms with Gasteiger partial charge in [-0.1, -0.05) is 50.7 Å². The lowest BCUT2D eigenvalue weighted by Crippen LogP contribution is -2.38. The molecule has 0 N–H and O–H groups in total. The van der Waals surface area contributed by atoms with E-state index >= 15 is 0 Å². The Morgan fingerprint density at radius 1 is 1.32 bits per heavy atom. The molecule has 0 fully saturated rings. The fourth-order valence-electron chi connectivity index (χ4n) is 1.61. The maximum absolute atomic E-state index is 11.0. The summed E-state index contributed by atoms with van der Waals surface area (Å²) in [6, 6.07) is 3.41. The molecule has 9 heteroatoms. The second kappa shape index (κ2) is 5.41. The van der Waals surface area contributed by atoms with E-state index in [2.05, 4.69) is 31.9 Å². The van der Waals surface area contributed by atoms with Gasteiger partial charge >= 0.3 is 0 Å². The Morgan fingerprint density at radius 3 is 2.47 bits per heavy atom. The molecule has 1 aliphatic rings. The van der Waals surface area contributed by atoms with Gasteiger partial charge in [0.25, 0.3) is 5.70 Å². The smallest absolute Gasteiger partial charge is 0.291 e. The van der Waals surface area contributed by atoms with Crippen molar-refractivity contribution in [3.8, 4) is 5.75 Å². The van der Waals surface area contributed by atoms with E-state index in [1.807, 2.05) is 0 Å². The van der Waals surface area contributed by atoms with Crippen LogP contribution in [0.4, 0.5) is 0 Å². The fourth-order valence-corrected chi connectivity index (χ4v) is 3.43. The monoisotopic (exact) mass is 449 g/mol. The molecule has 0 aliphatic carbocycles. The molecule has 0 saturated carbocycles. The van der Waals surface area contributed by atoms with Crippen molar-refractivity contribution in [3.05, 3.63) is 42.5 Å². The van der Waals surface area contributed by atoms with Crippen molar-refractivity contribution in [2.45, 2.75) is 9.90 Å². The lowest BCUT2D eigenvalue weighted by molar-refractivity contribution is -0.433. The summed E-state index contributed by atoms with van der Waals surface area (Å²) < 4.78 is 4.89. The van der Waals surface area contributed by atoms with Crippen molar-refractivity contribution in [1.29, 1.82) is 0 Å². The molecule has 19 heavy (non-hydrogen) atoms. The van der Waals surface area contributed by atoms with Crippen molar-refractivity contribution in [2.75, 3.05) is 0 Å². The van der Waals surface area contributed by atoms with Crippen LogP contribution in [0, 0.1) is 10.1 Å². The molecule has 0 aromatic heterocycles. The van der Waals surface area contributed by atoms with Gasteiger partial charge < -0.3 is 4.74 Å². The van der Waals surface area contributed by atoms with Crippen molar-refractivity contribution in [2.24, 2.45) is 0 Å². The van der Waals surface area contributed by atoms with Crippen LogP contribution >= 0.6 is 66.7 Å². The first-order valence-corrected chi connectivity index (χ1v) is 7.50. The van der Waals surface area contributed by atoms with E-state index < -0.39 is 14.8 Å². The van der Waals surface area contributed by atoms with Crippen LogP contribution < -0.4 is 4.74 Å². The third kappa shape index (κ3) is 3.19. The number of nitrogens with zero attached hydrogens (tertiary/aromatic N) is 1. The second-order valence-electron chi connectivity index (χ2n) is 3.67. The number of nitro groups is 1. The molecule has 0 amide bonds. The first-order chi connectivity index (χ1) is 8.70. The van der Waals surface area contributed by atoms with Crippen molar-refractivity contribution in [3.63, 3.8) is 0 Å². The highest BCUT2D eigenvalue weighted by Crippen LogP contribution is 2.44. The Bertz CT molecular complexity index is 586. The van der Waals surface area contributed by atoms with Gasteiger partial charge in [-0.2, -0.15) is 0 Å². The minimum Gasteiger partial charge on any atom is -0.473 e. The summed E-state index contributed by atoms with van der Waals surface area (Å²) in [5.41, 5.74) is 0.218. The Labute approximate surface area is 140 Å². The largest absolute Gasteiger partial charge is 0.473 e. The van der Waals surface area contributed by atoms with Gasteiger partial charge in [0.1, 0.15) is 5.75 Å². The zero-order valence-electron chi connectivity index (χ0n) is 8.87. The third-order valence-corrected chi connectivity index (χ3v) is 3.99. The normalized spacial score (nSPS) is 18.4. The van der Waals surface area contributed by atoms with E-state index in [0.29, 0.717) is 15.8 Å². The number of halogens is 5. The van der Waals surface area contributed by atoms with Gasteiger partial charge in [0.15, 0.2) is 0 Å². The first kappa shape index (κ1) is 15.4. The number of rotatable bonds is 1. The average Bonchev–Trinajstić information content (AvgIpc) is 2.25. The number of hydrogen-bond acceptors (Lipinski definition) is 3. The summed E-state index contributed by atoms with van der Waals surface area (Å²) in [4.78, 5) is 10.4. The fraction of sp³-hybridized carbons (Fsp3) is 0.200. The molecule has 1 unspecified atom stereocenters. The molecule has 1 aromatic rings. The van der Waals surface area contributed by atoms with Gasteiger partial charge in [-0.25, -0.2) is 0 Å². The lowest BCUT2D eigenvalue weighted by atomic mass is 10.1. The van der Waals surface area contributed by atoms with Gasteiger partial charge in [0, 0.05) is 16.1 Å². The molecule has 102 valence electrons. The molecule has 2 rings (SSSR count). The predicted octanol–water partition coefficient (Wildman–Crippen LogP) is 4.96. The first-order valence-electron chi connectivity index (χ1n) is 4.78. The maximum Gasteiger partial charge on any atom is 0.291 e. The Kier molecular flexibility index (Phi) is 4.38. The van der Waals surface area contributed by atoms with Crippen LogP contribution in [-0.4, -0.2) is 14.8 Å². The summed E-state index contributed by atoms with van der Waals surface area (Å²) in [5.74, 6) is 0.394.